The Morgan fingerprint density at radius 3 is 2.82 bits per heavy atom. The molecule has 1 aromatic rings. The molecule has 0 saturated carbocycles. The van der Waals surface area contributed by atoms with Crippen LogP contribution in [0, 0.1) is 11.8 Å². The first kappa shape index (κ1) is 21.8. The first-order chi connectivity index (χ1) is 13.5. The summed E-state index contributed by atoms with van der Waals surface area (Å²) in [7, 11) is 0. The van der Waals surface area contributed by atoms with Crippen LogP contribution < -0.4 is 0 Å². The highest BCUT2D eigenvalue weighted by atomic mass is 35.5. The van der Waals surface area contributed by atoms with E-state index in [4.69, 9.17) is 21.4 Å². The van der Waals surface area contributed by atoms with Crippen molar-refractivity contribution in [3.8, 4) is 11.8 Å². The number of carboxylic acids is 1. The number of aliphatic hydroxyl groups is 1. The molecule has 0 bridgehead atoms. The van der Waals surface area contributed by atoms with Gasteiger partial charge in [0.25, 0.3) is 0 Å². The van der Waals surface area contributed by atoms with E-state index in [0.717, 1.165) is 5.56 Å². The summed E-state index contributed by atoms with van der Waals surface area (Å²) < 4.78 is 5.08. The quantitative estimate of drug-likeness (QED) is 0.394. The summed E-state index contributed by atoms with van der Waals surface area (Å²) in [6.07, 6.45) is 4.49. The summed E-state index contributed by atoms with van der Waals surface area (Å²) in [5.41, 5.74) is 0.966. The third kappa shape index (κ3) is 7.63. The number of aliphatic carboxylic acids is 1. The first-order valence-electron chi connectivity index (χ1n) is 9.17. The number of amides is 1. The minimum absolute atomic E-state index is 0.0807. The van der Waals surface area contributed by atoms with Crippen molar-refractivity contribution in [1.29, 1.82) is 0 Å². The van der Waals surface area contributed by atoms with Crippen LogP contribution in [0.5, 0.6) is 0 Å². The second kappa shape index (κ2) is 11.4. The average Bonchev–Trinajstić information content (AvgIpc) is 2.66. The van der Waals surface area contributed by atoms with Crippen molar-refractivity contribution in [1.82, 2.24) is 4.90 Å². The number of carbonyl (C=O) groups excluding carboxylic acids is 1. The lowest BCUT2D eigenvalue weighted by Crippen LogP contribution is -2.44. The molecule has 150 valence electrons. The number of nitrogens with zero attached hydrogens (tertiary/aromatic N) is 1. The highest BCUT2D eigenvalue weighted by molar-refractivity contribution is 6.30. The molecule has 1 heterocycles. The summed E-state index contributed by atoms with van der Waals surface area (Å²) in [5.74, 6) is 4.94. The fraction of sp³-hybridized carbons (Fsp3) is 0.429. The molecule has 0 aliphatic carbocycles. The molecule has 2 unspecified atom stereocenters. The van der Waals surface area contributed by atoms with Crippen molar-refractivity contribution in [3.63, 3.8) is 0 Å². The van der Waals surface area contributed by atoms with Gasteiger partial charge in [-0.2, -0.15) is 0 Å². The molecule has 0 aromatic heterocycles. The maximum Gasteiger partial charge on any atom is 0.411 e. The number of benzene rings is 1. The Hall–Kier alpha value is -2.49. The van der Waals surface area contributed by atoms with E-state index in [1.165, 1.54) is 4.90 Å². The number of halogens is 1. The Morgan fingerprint density at radius 2 is 2.11 bits per heavy atom. The highest BCUT2D eigenvalue weighted by Gasteiger charge is 2.27. The van der Waals surface area contributed by atoms with Crippen LogP contribution >= 0.6 is 11.6 Å². The summed E-state index contributed by atoms with van der Waals surface area (Å²) in [6.45, 7) is 0.526. The molecule has 1 saturated heterocycles. The molecule has 0 radical (unpaired) electrons. The van der Waals surface area contributed by atoms with Gasteiger partial charge in [0.05, 0.1) is 25.3 Å². The third-order valence-corrected chi connectivity index (χ3v) is 4.51. The van der Waals surface area contributed by atoms with Gasteiger partial charge in [-0.05, 0) is 24.1 Å². The Balaban J connectivity index is 1.88. The monoisotopic (exact) mass is 405 g/mol. The van der Waals surface area contributed by atoms with E-state index < -0.39 is 18.2 Å². The lowest BCUT2D eigenvalue weighted by atomic mass is 10.1. The molecule has 2 N–H and O–H groups in total. The number of cyclic esters (lactones) is 1. The van der Waals surface area contributed by atoms with Crippen molar-refractivity contribution in [3.05, 3.63) is 47.0 Å². The van der Waals surface area contributed by atoms with Gasteiger partial charge in [0.2, 0.25) is 0 Å². The van der Waals surface area contributed by atoms with Crippen molar-refractivity contribution in [2.24, 2.45) is 0 Å². The number of unbranched alkanes of at least 4 members (excludes halogenated alkanes) is 1. The third-order valence-electron chi connectivity index (χ3n) is 4.25. The van der Waals surface area contributed by atoms with Crippen LogP contribution in [0.15, 0.2) is 36.4 Å². The lowest BCUT2D eigenvalue weighted by Gasteiger charge is -2.31. The second-order valence-corrected chi connectivity index (χ2v) is 6.92. The number of hydrogen-bond donors (Lipinski definition) is 2. The van der Waals surface area contributed by atoms with E-state index in [9.17, 15) is 14.7 Å². The molecule has 6 nitrogen and oxygen atoms in total. The van der Waals surface area contributed by atoms with Gasteiger partial charge in [-0.15, -0.1) is 5.92 Å². The summed E-state index contributed by atoms with van der Waals surface area (Å²) >= 11 is 5.86. The molecule has 1 fully saturated rings. The second-order valence-electron chi connectivity index (χ2n) is 6.48. The van der Waals surface area contributed by atoms with Crippen molar-refractivity contribution in [2.45, 2.75) is 44.2 Å². The number of hydrogen-bond acceptors (Lipinski definition) is 4. The summed E-state index contributed by atoms with van der Waals surface area (Å²) in [5, 5.41) is 19.5. The van der Waals surface area contributed by atoms with Crippen LogP contribution in [0.3, 0.4) is 0 Å². The van der Waals surface area contributed by atoms with Crippen molar-refractivity contribution < 1.29 is 24.5 Å². The SMILES string of the molecule is O=C(O)CCCC#CCN1C(=O)OCCC1/C=C/C(O)Cc1ccc(Cl)cc1. The maximum absolute atomic E-state index is 12.0. The molecule has 1 amide bonds. The van der Waals surface area contributed by atoms with E-state index in [1.54, 1.807) is 18.2 Å². The van der Waals surface area contributed by atoms with E-state index in [0.29, 0.717) is 37.3 Å². The zero-order chi connectivity index (χ0) is 20.4. The normalized spacial score (nSPS) is 17.7. The molecule has 7 heteroatoms. The number of aliphatic hydroxyl groups excluding tert-OH is 1. The highest BCUT2D eigenvalue weighted by Crippen LogP contribution is 2.16. The van der Waals surface area contributed by atoms with Gasteiger partial charge in [-0.3, -0.25) is 9.69 Å². The molecular formula is C21H24ClNO5. The largest absolute Gasteiger partial charge is 0.481 e. The average molecular weight is 406 g/mol. The van der Waals surface area contributed by atoms with Gasteiger partial charge < -0.3 is 14.9 Å². The van der Waals surface area contributed by atoms with Gasteiger partial charge in [-0.1, -0.05) is 41.8 Å². The molecule has 28 heavy (non-hydrogen) atoms. The first-order valence-corrected chi connectivity index (χ1v) is 9.55. The number of rotatable bonds is 8. The van der Waals surface area contributed by atoms with E-state index in [-0.39, 0.29) is 19.0 Å². The van der Waals surface area contributed by atoms with Crippen LogP contribution in [0.4, 0.5) is 4.79 Å². The van der Waals surface area contributed by atoms with Gasteiger partial charge in [0.15, 0.2) is 0 Å². The maximum atomic E-state index is 12.0. The molecule has 0 spiro atoms. The Morgan fingerprint density at radius 1 is 1.36 bits per heavy atom. The molecular weight excluding hydrogens is 382 g/mol. The summed E-state index contributed by atoms with van der Waals surface area (Å²) in [4.78, 5) is 24.0. The van der Waals surface area contributed by atoms with Crippen LogP contribution in [-0.4, -0.2) is 52.5 Å². The topological polar surface area (TPSA) is 87.1 Å². The number of carboxylic acid groups (broad SMARTS) is 1. The van der Waals surface area contributed by atoms with E-state index >= 15 is 0 Å². The zero-order valence-corrected chi connectivity index (χ0v) is 16.3. The minimum atomic E-state index is -0.844. The van der Waals surface area contributed by atoms with Crippen LogP contribution in [0.2, 0.25) is 5.02 Å². The molecule has 2 rings (SSSR count). The smallest absolute Gasteiger partial charge is 0.411 e. The van der Waals surface area contributed by atoms with Crippen LogP contribution in [0.25, 0.3) is 0 Å². The van der Waals surface area contributed by atoms with Crippen LogP contribution in [-0.2, 0) is 16.0 Å². The zero-order valence-electron chi connectivity index (χ0n) is 15.5. The molecule has 1 aromatic carbocycles. The fourth-order valence-electron chi connectivity index (χ4n) is 2.77. The predicted octanol–water partition coefficient (Wildman–Crippen LogP) is 3.27. The van der Waals surface area contributed by atoms with E-state index in [1.807, 2.05) is 18.2 Å². The van der Waals surface area contributed by atoms with Crippen molar-refractivity contribution >= 4 is 23.7 Å². The Kier molecular flexibility index (Phi) is 8.86. The van der Waals surface area contributed by atoms with Gasteiger partial charge in [0, 0.05) is 30.7 Å². The van der Waals surface area contributed by atoms with Gasteiger partial charge in [-0.25, -0.2) is 4.79 Å². The number of carbonyl (C=O) groups is 2. The van der Waals surface area contributed by atoms with E-state index in [2.05, 4.69) is 11.8 Å². The summed E-state index contributed by atoms with van der Waals surface area (Å²) in [6, 6.07) is 7.09. The van der Waals surface area contributed by atoms with Gasteiger partial charge in [0.1, 0.15) is 0 Å². The van der Waals surface area contributed by atoms with Gasteiger partial charge >= 0.3 is 12.1 Å². The molecule has 2 atom stereocenters. The lowest BCUT2D eigenvalue weighted by molar-refractivity contribution is -0.137. The Bertz CT molecular complexity index is 750. The molecule has 1 aliphatic heterocycles. The standard InChI is InChI=1S/C21H24ClNO5/c22-17-8-6-16(7-9-17)15-19(24)11-10-18-12-14-28-21(27)23(18)13-4-2-1-3-5-20(25)26/h6-11,18-19,24H,1,3,5,12-15H2,(H,25,26)/b11-10+. The molecule has 1 aliphatic rings. The van der Waals surface area contributed by atoms with Crippen LogP contribution in [0.1, 0.15) is 31.2 Å². The Labute approximate surface area is 169 Å². The fourth-order valence-corrected chi connectivity index (χ4v) is 2.89. The number of ether oxygens (including phenoxy) is 1. The minimum Gasteiger partial charge on any atom is -0.481 e. The van der Waals surface area contributed by atoms with Crippen molar-refractivity contribution in [2.75, 3.05) is 13.2 Å². The predicted molar refractivity (Wildman–Crippen MR) is 106 cm³/mol.